The minimum Gasteiger partial charge on any atom is -0.507 e. The van der Waals surface area contributed by atoms with Gasteiger partial charge >= 0.3 is 17.9 Å². The molecule has 4 aromatic rings. The third-order valence-electron chi connectivity index (χ3n) is 16.7. The van der Waals surface area contributed by atoms with E-state index in [0.717, 1.165) is 87.3 Å². The summed E-state index contributed by atoms with van der Waals surface area (Å²) in [7, 11) is 0. The van der Waals surface area contributed by atoms with Crippen molar-refractivity contribution in [2.45, 2.75) is 148 Å². The van der Waals surface area contributed by atoms with Gasteiger partial charge in [0.15, 0.2) is 0 Å². The molecule has 0 radical (unpaired) electrons. The lowest BCUT2D eigenvalue weighted by atomic mass is 9.62. The van der Waals surface area contributed by atoms with Crippen LogP contribution >= 0.6 is 0 Å². The molecule has 13 nitrogen and oxygen atoms in total. The monoisotopic (exact) mass is 1020 g/mol. The molecule has 2 fully saturated rings. The molecular formula is C62H80N4O9. The van der Waals surface area contributed by atoms with Crippen LogP contribution in [0.25, 0.3) is 6.08 Å². The third kappa shape index (κ3) is 12.6. The van der Waals surface area contributed by atoms with Crippen LogP contribution in [0.5, 0.6) is 5.75 Å². The number of aliphatic hydroxyl groups excluding tert-OH is 2. The van der Waals surface area contributed by atoms with Crippen LogP contribution in [0.3, 0.4) is 0 Å². The van der Waals surface area contributed by atoms with Crippen molar-refractivity contribution < 1.29 is 45.0 Å². The first-order chi connectivity index (χ1) is 35.1. The molecule has 0 saturated carbocycles. The lowest BCUT2D eigenvalue weighted by Gasteiger charge is -2.46. The molecule has 3 atom stereocenters. The van der Waals surface area contributed by atoms with Crippen LogP contribution in [0.1, 0.15) is 179 Å². The van der Waals surface area contributed by atoms with Crippen molar-refractivity contribution in [1.29, 1.82) is 0 Å². The van der Waals surface area contributed by atoms with Crippen LogP contribution in [-0.4, -0.2) is 123 Å². The van der Waals surface area contributed by atoms with Crippen LogP contribution in [0.4, 0.5) is 11.4 Å². The maximum Gasteiger partial charge on any atom is 0.339 e. The van der Waals surface area contributed by atoms with E-state index in [1.807, 2.05) is 11.0 Å². The molecule has 402 valence electrons. The van der Waals surface area contributed by atoms with Gasteiger partial charge < -0.3 is 40.4 Å². The average Bonchev–Trinajstić information content (AvgIpc) is 3.37. The molecule has 2 aliphatic heterocycles. The summed E-state index contributed by atoms with van der Waals surface area (Å²) in [5.41, 5.74) is 10.5. The first-order valence-electron chi connectivity index (χ1n) is 26.6. The molecule has 13 heteroatoms. The van der Waals surface area contributed by atoms with E-state index in [-0.39, 0.29) is 38.5 Å². The second-order valence-corrected chi connectivity index (χ2v) is 24.1. The highest BCUT2D eigenvalue weighted by Gasteiger charge is 2.42. The average molecular weight is 1030 g/mol. The molecule has 0 spiro atoms. The summed E-state index contributed by atoms with van der Waals surface area (Å²) in [6.45, 7) is 31.3. The van der Waals surface area contributed by atoms with E-state index in [4.69, 9.17) is 10.2 Å². The standard InChI is InChI=1S/C31H40N2O5.C31H40N2O4/c1-20(28(35)36)32-14-16-33(17-15-32)25-19-23(18-24-27(25)31(4,5)13-12-30(24,2)3)26(34)11-8-21-6-9-22(10-7-21)29(37)38;1-20(2)32-13-15-33(16-14-32)25-19-22(18-24-28(25)31(5,6)12-11-30(24,3)4)26(34)10-8-21-7-9-23(29(36)37)27(35)17-21/h6-11,18-20,26,34H,12-17H2,1-5H3,(H,35,36)(H,37,38);7,9,17-20,26,34-35H,11-16H2,1-6H3,(H,36,37)/b11-8+;. The van der Waals surface area contributed by atoms with Gasteiger partial charge in [0.2, 0.25) is 0 Å². The van der Waals surface area contributed by atoms with Crippen molar-refractivity contribution >= 4 is 35.4 Å². The number of hydrogen-bond donors (Lipinski definition) is 6. The molecule has 4 aromatic carbocycles. The molecule has 3 unspecified atom stereocenters. The van der Waals surface area contributed by atoms with Gasteiger partial charge in [0.1, 0.15) is 23.5 Å². The Kier molecular flexibility index (Phi) is 16.7. The minimum absolute atomic E-state index is 0.0129. The number of aromatic hydroxyl groups is 1. The number of anilines is 2. The third-order valence-corrected chi connectivity index (χ3v) is 16.7. The van der Waals surface area contributed by atoms with Crippen LogP contribution in [0, 0.1) is 11.8 Å². The number of carboxylic acid groups (broad SMARTS) is 3. The van der Waals surface area contributed by atoms with Gasteiger partial charge in [0.05, 0.1) is 11.7 Å². The lowest BCUT2D eigenvalue weighted by molar-refractivity contribution is -0.142. The first kappa shape index (κ1) is 56.6. The summed E-state index contributed by atoms with van der Waals surface area (Å²) in [6, 6.07) is 19.3. The first-order valence-corrected chi connectivity index (χ1v) is 26.6. The largest absolute Gasteiger partial charge is 0.507 e. The Labute approximate surface area is 444 Å². The smallest absolute Gasteiger partial charge is 0.339 e. The van der Waals surface area contributed by atoms with E-state index in [1.165, 1.54) is 40.1 Å². The summed E-state index contributed by atoms with van der Waals surface area (Å²) in [6.07, 6.45) is 6.05. The van der Waals surface area contributed by atoms with Gasteiger partial charge in [0, 0.05) is 75.3 Å². The Morgan fingerprint density at radius 3 is 1.53 bits per heavy atom. The number of carboxylic acids is 3. The van der Waals surface area contributed by atoms with Crippen molar-refractivity contribution in [1.82, 2.24) is 9.80 Å². The van der Waals surface area contributed by atoms with Crippen molar-refractivity contribution in [2.24, 2.45) is 0 Å². The van der Waals surface area contributed by atoms with Crippen LogP contribution in [0.2, 0.25) is 0 Å². The number of nitrogens with zero attached hydrogens (tertiary/aromatic N) is 4. The van der Waals surface area contributed by atoms with Gasteiger partial charge in [-0.25, -0.2) is 9.59 Å². The molecule has 0 aromatic heterocycles. The Hall–Kier alpha value is -6.17. The molecule has 0 bridgehead atoms. The highest BCUT2D eigenvalue weighted by Crippen LogP contribution is 2.52. The molecule has 2 aliphatic carbocycles. The van der Waals surface area contributed by atoms with Crippen LogP contribution < -0.4 is 9.80 Å². The van der Waals surface area contributed by atoms with Gasteiger partial charge in [-0.15, -0.1) is 0 Å². The fourth-order valence-electron chi connectivity index (χ4n) is 11.4. The molecule has 4 aliphatic rings. The highest BCUT2D eigenvalue weighted by molar-refractivity contribution is 5.91. The van der Waals surface area contributed by atoms with Crippen molar-refractivity contribution in [2.75, 3.05) is 62.2 Å². The Morgan fingerprint density at radius 1 is 0.587 bits per heavy atom. The highest BCUT2D eigenvalue weighted by atomic mass is 16.4. The van der Waals surface area contributed by atoms with E-state index >= 15 is 0 Å². The Bertz CT molecular complexity index is 2860. The number of hydrogen-bond acceptors (Lipinski definition) is 10. The SMILES string of the molecule is CC(C(=O)O)N1CCN(c2cc(C(O)/C=C/c3ccc(C(=O)O)cc3)cc3c2C(C)(C)CCC3(C)C)CC1.CC(C)N1CCN(c2cc(C(O)C#Cc3ccc(C(=O)O)c(O)c3)cc3c2C(C)(C)CCC3(C)C)CC1. The lowest BCUT2D eigenvalue weighted by Crippen LogP contribution is -2.52. The molecule has 0 amide bonds. The molecule has 75 heavy (non-hydrogen) atoms. The van der Waals surface area contributed by atoms with Crippen molar-refractivity contribution in [3.63, 3.8) is 0 Å². The Morgan fingerprint density at radius 2 is 1.07 bits per heavy atom. The number of aliphatic hydroxyl groups is 2. The summed E-state index contributed by atoms with van der Waals surface area (Å²) in [4.78, 5) is 43.2. The van der Waals surface area contributed by atoms with E-state index in [0.29, 0.717) is 24.7 Å². The maximum atomic E-state index is 11.5. The number of aliphatic carboxylic acids is 1. The normalized spacial score (nSPS) is 20.1. The van der Waals surface area contributed by atoms with E-state index < -0.39 is 36.2 Å². The second-order valence-electron chi connectivity index (χ2n) is 24.1. The van der Waals surface area contributed by atoms with Crippen molar-refractivity contribution in [3.05, 3.63) is 128 Å². The van der Waals surface area contributed by atoms with Crippen LogP contribution in [-0.2, 0) is 26.5 Å². The van der Waals surface area contributed by atoms with Crippen molar-refractivity contribution in [3.8, 4) is 17.6 Å². The number of piperazine rings is 2. The summed E-state index contributed by atoms with van der Waals surface area (Å²) >= 11 is 0. The van der Waals surface area contributed by atoms with Gasteiger partial charge in [-0.3, -0.25) is 14.6 Å². The summed E-state index contributed by atoms with van der Waals surface area (Å²) < 4.78 is 0. The van der Waals surface area contributed by atoms with Gasteiger partial charge in [-0.2, -0.15) is 0 Å². The number of phenols is 1. The zero-order chi connectivity index (χ0) is 54.9. The quantitative estimate of drug-likeness (QED) is 0.0781. The predicted molar refractivity (Wildman–Crippen MR) is 298 cm³/mol. The zero-order valence-electron chi connectivity index (χ0n) is 46.0. The second kappa shape index (κ2) is 22.2. The van der Waals surface area contributed by atoms with Gasteiger partial charge in [-0.05, 0) is 150 Å². The molecule has 6 N–H and O–H groups in total. The molecule has 8 rings (SSSR count). The Balaban J connectivity index is 0.000000219. The number of rotatable bonds is 11. The number of fused-ring (bicyclic) bond motifs is 2. The van der Waals surface area contributed by atoms with Crippen LogP contribution in [0.15, 0.2) is 72.8 Å². The number of benzene rings is 4. The maximum absolute atomic E-state index is 11.5. The fourth-order valence-corrected chi connectivity index (χ4v) is 11.4. The summed E-state index contributed by atoms with van der Waals surface area (Å²) in [5.74, 6) is 2.53. The summed E-state index contributed by atoms with van der Waals surface area (Å²) in [5, 5.41) is 60.1. The van der Waals surface area contributed by atoms with E-state index in [1.54, 1.807) is 43.3 Å². The van der Waals surface area contributed by atoms with Gasteiger partial charge in [0.25, 0.3) is 0 Å². The predicted octanol–water partition coefficient (Wildman–Crippen LogP) is 10.1. The van der Waals surface area contributed by atoms with Gasteiger partial charge in [-0.1, -0.05) is 104 Å². The molecule has 2 saturated heterocycles. The molecular weight excluding hydrogens is 945 g/mol. The molecule has 2 heterocycles. The number of carbonyl (C=O) groups is 3. The van der Waals surface area contributed by atoms with E-state index in [2.05, 4.69) is 120 Å². The van der Waals surface area contributed by atoms with E-state index in [9.17, 15) is 34.8 Å². The zero-order valence-corrected chi connectivity index (χ0v) is 46.0. The fraction of sp³-hybridized carbons (Fsp3) is 0.500. The number of aromatic carboxylic acids is 2. The minimum atomic E-state index is -1.20. The topological polar surface area (TPSA) is 186 Å².